The van der Waals surface area contributed by atoms with E-state index >= 15 is 0 Å². The molecule has 0 saturated heterocycles. The molecule has 0 bridgehead atoms. The van der Waals surface area contributed by atoms with Gasteiger partial charge in [0.05, 0.1) is 11.3 Å². The van der Waals surface area contributed by atoms with Gasteiger partial charge in [0.25, 0.3) is 11.5 Å². The zero-order chi connectivity index (χ0) is 15.6. The second-order valence-corrected chi connectivity index (χ2v) is 4.10. The van der Waals surface area contributed by atoms with Crippen molar-refractivity contribution in [1.82, 2.24) is 9.78 Å². The lowest BCUT2D eigenvalue weighted by Gasteiger charge is -2.09. The maximum absolute atomic E-state index is 13.7. The van der Waals surface area contributed by atoms with Crippen molar-refractivity contribution in [2.45, 2.75) is 0 Å². The molecule has 108 valence electrons. The molecular formula is C13H10FN3O4. The van der Waals surface area contributed by atoms with Crippen LogP contribution in [0.2, 0.25) is 0 Å². The molecule has 1 aromatic heterocycles. The number of aromatic nitrogens is 2. The Morgan fingerprint density at radius 2 is 2.00 bits per heavy atom. The molecule has 0 aliphatic heterocycles. The number of para-hydroxylation sites is 1. The fourth-order valence-electron chi connectivity index (χ4n) is 1.63. The molecule has 2 aromatic rings. The third-order valence-electron chi connectivity index (χ3n) is 2.68. The fourth-order valence-corrected chi connectivity index (χ4v) is 1.63. The van der Waals surface area contributed by atoms with E-state index in [0.717, 1.165) is 22.9 Å². The lowest BCUT2D eigenvalue weighted by Crippen LogP contribution is -2.24. The maximum atomic E-state index is 13.7. The van der Waals surface area contributed by atoms with Crippen molar-refractivity contribution < 1.29 is 19.1 Å². The minimum Gasteiger partial charge on any atom is -0.478 e. The number of anilines is 1. The van der Waals surface area contributed by atoms with E-state index in [4.69, 9.17) is 5.11 Å². The van der Waals surface area contributed by atoms with E-state index in [0.29, 0.717) is 0 Å². The van der Waals surface area contributed by atoms with Crippen molar-refractivity contribution in [3.05, 3.63) is 57.8 Å². The van der Waals surface area contributed by atoms with Crippen molar-refractivity contribution in [2.24, 2.45) is 7.05 Å². The zero-order valence-electron chi connectivity index (χ0n) is 10.8. The number of halogens is 1. The van der Waals surface area contributed by atoms with Crippen LogP contribution in [0.25, 0.3) is 0 Å². The smallest absolute Gasteiger partial charge is 0.337 e. The van der Waals surface area contributed by atoms with Crippen LogP contribution in [-0.4, -0.2) is 26.8 Å². The van der Waals surface area contributed by atoms with Crippen molar-refractivity contribution in [2.75, 3.05) is 5.32 Å². The number of nitrogens with one attached hydrogen (secondary N) is 1. The van der Waals surface area contributed by atoms with Gasteiger partial charge in [0, 0.05) is 13.1 Å². The van der Waals surface area contributed by atoms with E-state index < -0.39 is 28.9 Å². The number of carbonyl (C=O) groups is 2. The number of nitrogens with zero attached hydrogens (tertiary/aromatic N) is 2. The summed E-state index contributed by atoms with van der Waals surface area (Å²) in [5, 5.41) is 14.8. The van der Waals surface area contributed by atoms with E-state index in [9.17, 15) is 18.8 Å². The largest absolute Gasteiger partial charge is 0.478 e. The van der Waals surface area contributed by atoms with Crippen LogP contribution in [0.3, 0.4) is 0 Å². The average Bonchev–Trinajstić information content (AvgIpc) is 2.43. The van der Waals surface area contributed by atoms with Gasteiger partial charge in [-0.05, 0) is 18.2 Å². The highest BCUT2D eigenvalue weighted by Gasteiger charge is 2.18. The summed E-state index contributed by atoms with van der Waals surface area (Å²) in [6.45, 7) is 0. The van der Waals surface area contributed by atoms with Crippen LogP contribution in [0, 0.1) is 5.82 Å². The highest BCUT2D eigenvalue weighted by atomic mass is 19.1. The minimum atomic E-state index is -1.38. The highest BCUT2D eigenvalue weighted by Crippen LogP contribution is 2.20. The second kappa shape index (κ2) is 5.53. The Labute approximate surface area is 117 Å². The Hall–Kier alpha value is -3.03. The molecule has 1 amide bonds. The van der Waals surface area contributed by atoms with Gasteiger partial charge in [-0.2, -0.15) is 5.10 Å². The Kier molecular flexibility index (Phi) is 3.79. The van der Waals surface area contributed by atoms with Crippen molar-refractivity contribution in [3.63, 3.8) is 0 Å². The molecule has 1 aromatic carbocycles. The van der Waals surface area contributed by atoms with Gasteiger partial charge in [-0.3, -0.25) is 9.59 Å². The SMILES string of the molecule is Cn1nc(C(=O)Nc2c(F)cccc2C(=O)O)ccc1=O. The first kappa shape index (κ1) is 14.4. The number of hydrogen-bond donors (Lipinski definition) is 2. The summed E-state index contributed by atoms with van der Waals surface area (Å²) in [6, 6.07) is 5.70. The Morgan fingerprint density at radius 1 is 1.29 bits per heavy atom. The average molecular weight is 291 g/mol. The van der Waals surface area contributed by atoms with Gasteiger partial charge < -0.3 is 10.4 Å². The van der Waals surface area contributed by atoms with Gasteiger partial charge in [0.1, 0.15) is 11.5 Å². The van der Waals surface area contributed by atoms with E-state index in [2.05, 4.69) is 10.4 Å². The molecule has 0 atom stereocenters. The highest BCUT2D eigenvalue weighted by molar-refractivity contribution is 6.06. The molecule has 0 aliphatic rings. The topological polar surface area (TPSA) is 101 Å². The molecule has 0 unspecified atom stereocenters. The summed E-state index contributed by atoms with van der Waals surface area (Å²) in [4.78, 5) is 34.1. The van der Waals surface area contributed by atoms with E-state index in [1.807, 2.05) is 0 Å². The molecule has 0 fully saturated rings. The molecular weight excluding hydrogens is 281 g/mol. The summed E-state index contributed by atoms with van der Waals surface area (Å²) in [6.07, 6.45) is 0. The van der Waals surface area contributed by atoms with Gasteiger partial charge in [0.15, 0.2) is 0 Å². The van der Waals surface area contributed by atoms with Crippen LogP contribution in [-0.2, 0) is 7.05 Å². The van der Waals surface area contributed by atoms with E-state index in [1.54, 1.807) is 0 Å². The molecule has 0 aliphatic carbocycles. The summed E-state index contributed by atoms with van der Waals surface area (Å²) in [5.74, 6) is -3.08. The Morgan fingerprint density at radius 3 is 2.62 bits per heavy atom. The van der Waals surface area contributed by atoms with E-state index in [-0.39, 0.29) is 11.3 Å². The van der Waals surface area contributed by atoms with Crippen molar-refractivity contribution in [1.29, 1.82) is 0 Å². The molecule has 1 heterocycles. The summed E-state index contributed by atoms with van der Waals surface area (Å²) >= 11 is 0. The van der Waals surface area contributed by atoms with E-state index in [1.165, 1.54) is 19.2 Å². The normalized spacial score (nSPS) is 10.2. The van der Waals surface area contributed by atoms with Crippen LogP contribution in [0.5, 0.6) is 0 Å². The number of aromatic carboxylic acids is 1. The lowest BCUT2D eigenvalue weighted by atomic mass is 10.1. The number of amides is 1. The van der Waals surface area contributed by atoms with Gasteiger partial charge in [0.2, 0.25) is 0 Å². The number of carboxylic acid groups (broad SMARTS) is 1. The lowest BCUT2D eigenvalue weighted by molar-refractivity contribution is 0.0697. The standard InChI is InChI=1S/C13H10FN3O4/c1-17-10(18)6-5-9(16-17)12(19)15-11-7(13(20)21)3-2-4-8(11)14/h2-6H,1H3,(H,15,19)(H,20,21). The Balaban J connectivity index is 2.38. The minimum absolute atomic E-state index is 0.142. The quantitative estimate of drug-likeness (QED) is 0.873. The number of rotatable bonds is 3. The molecule has 2 rings (SSSR count). The van der Waals surface area contributed by atoms with Gasteiger partial charge in [-0.15, -0.1) is 0 Å². The molecule has 7 nitrogen and oxygen atoms in total. The van der Waals surface area contributed by atoms with Crippen molar-refractivity contribution in [3.8, 4) is 0 Å². The number of benzene rings is 1. The number of carboxylic acids is 1. The third-order valence-corrected chi connectivity index (χ3v) is 2.68. The second-order valence-electron chi connectivity index (χ2n) is 4.10. The van der Waals surface area contributed by atoms with Crippen LogP contribution >= 0.6 is 0 Å². The molecule has 21 heavy (non-hydrogen) atoms. The Bertz CT molecular complexity index is 785. The number of hydrogen-bond acceptors (Lipinski definition) is 4. The van der Waals surface area contributed by atoms with Gasteiger partial charge >= 0.3 is 5.97 Å². The molecule has 0 radical (unpaired) electrons. The third kappa shape index (κ3) is 2.94. The monoisotopic (exact) mass is 291 g/mol. The first-order valence-electron chi connectivity index (χ1n) is 5.77. The van der Waals surface area contributed by atoms with Crippen LogP contribution < -0.4 is 10.9 Å². The van der Waals surface area contributed by atoms with Crippen molar-refractivity contribution >= 4 is 17.6 Å². The molecule has 8 heteroatoms. The van der Waals surface area contributed by atoms with Crippen LogP contribution in [0.15, 0.2) is 35.1 Å². The summed E-state index contributed by atoms with van der Waals surface area (Å²) in [5.41, 5.74) is -1.39. The summed E-state index contributed by atoms with van der Waals surface area (Å²) in [7, 11) is 1.35. The molecule has 0 spiro atoms. The van der Waals surface area contributed by atoms with Crippen LogP contribution in [0.4, 0.5) is 10.1 Å². The first-order chi connectivity index (χ1) is 9.90. The van der Waals surface area contributed by atoms with Crippen LogP contribution in [0.1, 0.15) is 20.8 Å². The number of carbonyl (C=O) groups excluding carboxylic acids is 1. The summed E-state index contributed by atoms with van der Waals surface area (Å²) < 4.78 is 14.6. The molecule has 0 saturated carbocycles. The zero-order valence-corrected chi connectivity index (χ0v) is 10.8. The van der Waals surface area contributed by atoms with Gasteiger partial charge in [-0.25, -0.2) is 13.9 Å². The predicted octanol–water partition coefficient (Wildman–Crippen LogP) is 0.870. The molecule has 2 N–H and O–H groups in total. The predicted molar refractivity (Wildman–Crippen MR) is 70.8 cm³/mol. The maximum Gasteiger partial charge on any atom is 0.337 e. The first-order valence-corrected chi connectivity index (χ1v) is 5.77. The number of aryl methyl sites for hydroxylation is 1. The fraction of sp³-hybridized carbons (Fsp3) is 0.0769. The van der Waals surface area contributed by atoms with Gasteiger partial charge in [-0.1, -0.05) is 6.07 Å².